The van der Waals surface area contributed by atoms with Crippen molar-refractivity contribution in [2.45, 2.75) is 97.4 Å². The van der Waals surface area contributed by atoms with E-state index in [9.17, 15) is 14.4 Å². The van der Waals surface area contributed by atoms with Crippen LogP contribution in [0.5, 0.6) is 0 Å². The summed E-state index contributed by atoms with van der Waals surface area (Å²) < 4.78 is 17.1. The van der Waals surface area contributed by atoms with Gasteiger partial charge in [0.1, 0.15) is 18.3 Å². The minimum absolute atomic E-state index is 0.0216. The molecule has 4 rings (SSSR count). The highest BCUT2D eigenvalue weighted by Gasteiger charge is 2.60. The minimum Gasteiger partial charge on any atom is -0.463 e. The summed E-state index contributed by atoms with van der Waals surface area (Å²) in [7, 11) is 0. The maximum atomic E-state index is 12.0. The van der Waals surface area contributed by atoms with Crippen molar-refractivity contribution in [2.24, 2.45) is 35.0 Å². The van der Waals surface area contributed by atoms with Crippen molar-refractivity contribution in [1.82, 2.24) is 0 Å². The molecule has 0 spiro atoms. The standard InChI is InChI=1S/C24H36O6/c1-13(25)28-17-6-8-19-16(9-17)5-7-20-21-10-18(29-14(2)26)11-24(21,4)12-22(23(19)20)30-15(3)27/h16-23H,5-12H2,1-4H3. The van der Waals surface area contributed by atoms with Gasteiger partial charge in [0.05, 0.1) is 0 Å². The van der Waals surface area contributed by atoms with E-state index < -0.39 is 0 Å². The molecule has 6 nitrogen and oxygen atoms in total. The third-order valence-corrected chi connectivity index (χ3v) is 8.55. The zero-order chi connectivity index (χ0) is 21.6. The summed E-state index contributed by atoms with van der Waals surface area (Å²) >= 11 is 0. The molecule has 0 aliphatic heterocycles. The first-order valence-electron chi connectivity index (χ1n) is 11.7. The Morgan fingerprint density at radius 1 is 0.733 bits per heavy atom. The van der Waals surface area contributed by atoms with Gasteiger partial charge in [0, 0.05) is 26.7 Å². The molecule has 4 aliphatic carbocycles. The number of fused-ring (bicyclic) bond motifs is 5. The van der Waals surface area contributed by atoms with Gasteiger partial charge in [0.2, 0.25) is 0 Å². The number of hydrogen-bond acceptors (Lipinski definition) is 6. The normalized spacial score (nSPS) is 44.8. The molecule has 4 saturated carbocycles. The first-order chi connectivity index (χ1) is 14.2. The predicted octanol–water partition coefficient (Wildman–Crippen LogP) is 4.04. The molecule has 0 bridgehead atoms. The number of rotatable bonds is 3. The number of hydrogen-bond donors (Lipinski definition) is 0. The van der Waals surface area contributed by atoms with Crippen LogP contribution in [0.15, 0.2) is 0 Å². The Morgan fingerprint density at radius 3 is 2.03 bits per heavy atom. The fourth-order valence-corrected chi connectivity index (χ4v) is 7.86. The molecule has 30 heavy (non-hydrogen) atoms. The van der Waals surface area contributed by atoms with Crippen molar-refractivity contribution in [3.63, 3.8) is 0 Å². The summed E-state index contributed by atoms with van der Waals surface area (Å²) in [5.41, 5.74) is 0.0448. The minimum atomic E-state index is -0.206. The number of ether oxygens (including phenoxy) is 3. The van der Waals surface area contributed by atoms with Crippen LogP contribution >= 0.6 is 0 Å². The van der Waals surface area contributed by atoms with Crippen LogP contribution in [0.2, 0.25) is 0 Å². The third kappa shape index (κ3) is 4.11. The van der Waals surface area contributed by atoms with Crippen LogP contribution in [0, 0.1) is 35.0 Å². The van der Waals surface area contributed by atoms with E-state index in [0.717, 1.165) is 51.4 Å². The zero-order valence-corrected chi connectivity index (χ0v) is 18.7. The van der Waals surface area contributed by atoms with E-state index in [1.54, 1.807) is 0 Å². The summed E-state index contributed by atoms with van der Waals surface area (Å²) in [6.07, 6.45) is 7.69. The quantitative estimate of drug-likeness (QED) is 0.506. The van der Waals surface area contributed by atoms with Crippen LogP contribution in [0.4, 0.5) is 0 Å². The second kappa shape index (κ2) is 8.16. The molecule has 0 N–H and O–H groups in total. The highest BCUT2D eigenvalue weighted by Crippen LogP contribution is 2.63. The van der Waals surface area contributed by atoms with Gasteiger partial charge in [-0.2, -0.15) is 0 Å². The first-order valence-corrected chi connectivity index (χ1v) is 11.7. The Balaban J connectivity index is 1.56. The molecule has 9 atom stereocenters. The topological polar surface area (TPSA) is 78.9 Å². The van der Waals surface area contributed by atoms with E-state index in [4.69, 9.17) is 14.2 Å². The van der Waals surface area contributed by atoms with Crippen molar-refractivity contribution >= 4 is 17.9 Å². The molecule has 168 valence electrons. The molecule has 0 radical (unpaired) electrons. The lowest BCUT2D eigenvalue weighted by Gasteiger charge is -2.57. The fourth-order valence-electron chi connectivity index (χ4n) is 7.86. The first kappa shape index (κ1) is 21.6. The van der Waals surface area contributed by atoms with E-state index in [2.05, 4.69) is 6.92 Å². The van der Waals surface area contributed by atoms with Crippen molar-refractivity contribution in [1.29, 1.82) is 0 Å². The molecule has 0 heterocycles. The third-order valence-electron chi connectivity index (χ3n) is 8.55. The summed E-state index contributed by atoms with van der Waals surface area (Å²) in [6.45, 7) is 6.79. The average molecular weight is 421 g/mol. The van der Waals surface area contributed by atoms with Crippen molar-refractivity contribution in [3.05, 3.63) is 0 Å². The predicted molar refractivity (Wildman–Crippen MR) is 109 cm³/mol. The average Bonchev–Trinajstić information content (AvgIpc) is 2.95. The number of carbonyl (C=O) groups is 3. The molecule has 0 aromatic rings. The Labute approximate surface area is 179 Å². The van der Waals surface area contributed by atoms with Crippen molar-refractivity contribution in [3.8, 4) is 0 Å². The lowest BCUT2D eigenvalue weighted by Crippen LogP contribution is -2.54. The van der Waals surface area contributed by atoms with Gasteiger partial charge < -0.3 is 14.2 Å². The maximum absolute atomic E-state index is 12.0. The fraction of sp³-hybridized carbons (Fsp3) is 0.875. The molecule has 4 fully saturated rings. The Kier molecular flexibility index (Phi) is 5.88. The molecule has 0 aromatic carbocycles. The number of esters is 3. The second-order valence-corrected chi connectivity index (χ2v) is 10.6. The van der Waals surface area contributed by atoms with Crippen LogP contribution in [0.1, 0.15) is 79.1 Å². The van der Waals surface area contributed by atoms with Gasteiger partial charge in [-0.25, -0.2) is 0 Å². The monoisotopic (exact) mass is 420 g/mol. The van der Waals surface area contributed by atoms with Crippen LogP contribution in [0.25, 0.3) is 0 Å². The number of carbonyl (C=O) groups excluding carboxylic acids is 3. The van der Waals surface area contributed by atoms with E-state index in [-0.39, 0.29) is 41.6 Å². The summed E-state index contributed by atoms with van der Waals surface area (Å²) in [5, 5.41) is 0. The van der Waals surface area contributed by atoms with E-state index in [0.29, 0.717) is 29.6 Å². The van der Waals surface area contributed by atoms with Crippen LogP contribution in [0.3, 0.4) is 0 Å². The lowest BCUT2D eigenvalue weighted by molar-refractivity contribution is -0.177. The highest BCUT2D eigenvalue weighted by atomic mass is 16.6. The van der Waals surface area contributed by atoms with Crippen LogP contribution in [-0.2, 0) is 28.6 Å². The molecule has 0 aromatic heterocycles. The molecule has 9 unspecified atom stereocenters. The van der Waals surface area contributed by atoms with E-state index in [1.165, 1.54) is 20.8 Å². The van der Waals surface area contributed by atoms with Gasteiger partial charge in [-0.05, 0) is 80.5 Å². The van der Waals surface area contributed by atoms with Gasteiger partial charge in [0.15, 0.2) is 0 Å². The smallest absolute Gasteiger partial charge is 0.302 e. The second-order valence-electron chi connectivity index (χ2n) is 10.6. The van der Waals surface area contributed by atoms with Gasteiger partial charge in [-0.15, -0.1) is 0 Å². The SMILES string of the molecule is CC(=O)OC1CCC2C(CCC3C2C(OC(C)=O)CC2(C)CC(OC(C)=O)CC32)C1. The van der Waals surface area contributed by atoms with Gasteiger partial charge in [0.25, 0.3) is 0 Å². The highest BCUT2D eigenvalue weighted by molar-refractivity contribution is 5.67. The largest absolute Gasteiger partial charge is 0.463 e. The summed E-state index contributed by atoms with van der Waals surface area (Å²) in [6, 6.07) is 0. The zero-order valence-electron chi connectivity index (χ0n) is 18.7. The maximum Gasteiger partial charge on any atom is 0.302 e. The Hall–Kier alpha value is -1.59. The van der Waals surface area contributed by atoms with E-state index >= 15 is 0 Å². The van der Waals surface area contributed by atoms with Crippen LogP contribution in [-0.4, -0.2) is 36.2 Å². The Bertz CT molecular complexity index is 704. The van der Waals surface area contributed by atoms with Gasteiger partial charge in [-0.3, -0.25) is 14.4 Å². The van der Waals surface area contributed by atoms with Crippen molar-refractivity contribution in [2.75, 3.05) is 0 Å². The molecular weight excluding hydrogens is 384 g/mol. The molecule has 0 amide bonds. The van der Waals surface area contributed by atoms with Crippen LogP contribution < -0.4 is 0 Å². The summed E-state index contributed by atoms with van der Waals surface area (Å²) in [5.74, 6) is 1.80. The molecule has 6 heteroatoms. The molecule has 4 aliphatic rings. The van der Waals surface area contributed by atoms with Crippen molar-refractivity contribution < 1.29 is 28.6 Å². The van der Waals surface area contributed by atoms with Gasteiger partial charge >= 0.3 is 17.9 Å². The van der Waals surface area contributed by atoms with Gasteiger partial charge in [-0.1, -0.05) is 6.92 Å². The molecular formula is C24H36O6. The Morgan fingerprint density at radius 2 is 1.37 bits per heavy atom. The molecule has 0 saturated heterocycles. The summed E-state index contributed by atoms with van der Waals surface area (Å²) in [4.78, 5) is 35.0. The lowest BCUT2D eigenvalue weighted by atomic mass is 9.49. The van der Waals surface area contributed by atoms with E-state index in [1.807, 2.05) is 0 Å².